The fraction of sp³-hybridized carbons (Fsp3) is 0.500. The molecule has 0 amide bonds. The van der Waals surface area contributed by atoms with Crippen molar-refractivity contribution in [2.45, 2.75) is 44.9 Å². The molecule has 1 aromatic carbocycles. The van der Waals surface area contributed by atoms with Crippen molar-refractivity contribution in [3.63, 3.8) is 0 Å². The number of hydrogen-bond donors (Lipinski definition) is 1. The quantitative estimate of drug-likeness (QED) is 0.667. The number of nitrogens with zero attached hydrogens (tertiary/aromatic N) is 1. The zero-order valence-corrected chi connectivity index (χ0v) is 14.0. The van der Waals surface area contributed by atoms with Crippen molar-refractivity contribution >= 4 is 17.3 Å². The number of thiocarbonyl (C=S) groups is 1. The summed E-state index contributed by atoms with van der Waals surface area (Å²) in [6, 6.07) is 10.6. The highest BCUT2D eigenvalue weighted by Crippen LogP contribution is 2.26. The number of aliphatic hydroxyl groups excluding tert-OH is 1. The van der Waals surface area contributed by atoms with Crippen LogP contribution in [0, 0.1) is 11.8 Å². The molecule has 2 rings (SSSR count). The molecule has 22 heavy (non-hydrogen) atoms. The fourth-order valence-electron chi connectivity index (χ4n) is 2.91. The van der Waals surface area contributed by atoms with Gasteiger partial charge in [-0.15, -0.1) is 0 Å². The van der Waals surface area contributed by atoms with Crippen LogP contribution in [0.3, 0.4) is 0 Å². The Labute approximate surface area is 138 Å². The molecule has 1 atom stereocenters. The third kappa shape index (κ3) is 4.81. The van der Waals surface area contributed by atoms with Crippen molar-refractivity contribution in [2.75, 3.05) is 13.2 Å². The standard InChI is InChI=1S/C18H23NO2S/c1-18(2,11-10-17(20)22)19-12-6-9-16(19)14-21-13-15-7-4-3-5-8-15/h3-5,7-8,16H,6,9,12-14H2,1-2H3,(H,20,22). The Morgan fingerprint density at radius 3 is 2.82 bits per heavy atom. The van der Waals surface area contributed by atoms with Crippen LogP contribution < -0.4 is 0 Å². The molecule has 1 heterocycles. The van der Waals surface area contributed by atoms with Crippen molar-refractivity contribution in [3.8, 4) is 11.8 Å². The van der Waals surface area contributed by atoms with Gasteiger partial charge in [0.05, 0.1) is 18.8 Å². The van der Waals surface area contributed by atoms with Gasteiger partial charge in [-0.25, -0.2) is 0 Å². The highest BCUT2D eigenvalue weighted by molar-refractivity contribution is 7.80. The summed E-state index contributed by atoms with van der Waals surface area (Å²) in [6.45, 7) is 6.46. The van der Waals surface area contributed by atoms with Crippen molar-refractivity contribution in [1.82, 2.24) is 4.90 Å². The van der Waals surface area contributed by atoms with E-state index in [4.69, 9.17) is 9.84 Å². The van der Waals surface area contributed by atoms with Crippen LogP contribution in [-0.2, 0) is 11.3 Å². The topological polar surface area (TPSA) is 32.7 Å². The van der Waals surface area contributed by atoms with Crippen LogP contribution in [0.15, 0.2) is 30.3 Å². The molecule has 0 bridgehead atoms. The Bertz CT molecular complexity index is 559. The Balaban J connectivity index is 1.90. The molecule has 1 aliphatic heterocycles. The molecule has 4 heteroatoms. The molecule has 0 radical (unpaired) electrons. The predicted octanol–water partition coefficient (Wildman–Crippen LogP) is 3.34. The van der Waals surface area contributed by atoms with Gasteiger partial charge in [0.15, 0.2) is 0 Å². The van der Waals surface area contributed by atoms with Crippen molar-refractivity contribution < 1.29 is 9.84 Å². The first-order valence-electron chi connectivity index (χ1n) is 7.63. The molecule has 118 valence electrons. The lowest BCUT2D eigenvalue weighted by atomic mass is 10.0. The average Bonchev–Trinajstić information content (AvgIpc) is 2.96. The van der Waals surface area contributed by atoms with E-state index < -0.39 is 0 Å². The molecule has 3 nitrogen and oxygen atoms in total. The molecule has 0 aliphatic carbocycles. The second kappa shape index (κ2) is 7.73. The van der Waals surface area contributed by atoms with E-state index in [9.17, 15) is 0 Å². The minimum atomic E-state index is -0.315. The van der Waals surface area contributed by atoms with E-state index in [1.807, 2.05) is 18.2 Å². The maximum atomic E-state index is 9.11. The van der Waals surface area contributed by atoms with Crippen LogP contribution in [0.4, 0.5) is 0 Å². The van der Waals surface area contributed by atoms with Crippen molar-refractivity contribution in [3.05, 3.63) is 35.9 Å². The van der Waals surface area contributed by atoms with Gasteiger partial charge in [-0.2, -0.15) is 0 Å². The number of ether oxygens (including phenoxy) is 1. The third-order valence-corrected chi connectivity index (χ3v) is 4.09. The maximum absolute atomic E-state index is 9.11. The molecular formula is C18H23NO2S. The summed E-state index contributed by atoms with van der Waals surface area (Å²) in [5.41, 5.74) is 0.876. The molecule has 0 spiro atoms. The van der Waals surface area contributed by atoms with Gasteiger partial charge in [0.1, 0.15) is 0 Å². The lowest BCUT2D eigenvalue weighted by Crippen LogP contribution is -2.47. The van der Waals surface area contributed by atoms with E-state index in [1.165, 1.54) is 5.56 Å². The predicted molar refractivity (Wildman–Crippen MR) is 92.9 cm³/mol. The summed E-state index contributed by atoms with van der Waals surface area (Å²) in [6.07, 6.45) is 2.26. The Hall–Kier alpha value is -1.41. The van der Waals surface area contributed by atoms with Gasteiger partial charge in [-0.3, -0.25) is 4.90 Å². The van der Waals surface area contributed by atoms with Gasteiger partial charge in [0.2, 0.25) is 5.05 Å². The van der Waals surface area contributed by atoms with E-state index in [-0.39, 0.29) is 10.6 Å². The summed E-state index contributed by atoms with van der Waals surface area (Å²) in [4.78, 5) is 2.35. The highest BCUT2D eigenvalue weighted by Gasteiger charge is 2.34. The first kappa shape index (κ1) is 17.0. The smallest absolute Gasteiger partial charge is 0.234 e. The van der Waals surface area contributed by atoms with E-state index in [1.54, 1.807) is 0 Å². The van der Waals surface area contributed by atoms with E-state index in [0.29, 0.717) is 19.3 Å². The Morgan fingerprint density at radius 2 is 2.14 bits per heavy atom. The zero-order chi connectivity index (χ0) is 16.0. The molecule has 0 saturated carbocycles. The minimum Gasteiger partial charge on any atom is -0.493 e. The van der Waals surface area contributed by atoms with E-state index in [0.717, 1.165) is 19.4 Å². The van der Waals surface area contributed by atoms with Crippen LogP contribution in [0.2, 0.25) is 0 Å². The molecular weight excluding hydrogens is 294 g/mol. The Morgan fingerprint density at radius 1 is 1.41 bits per heavy atom. The van der Waals surface area contributed by atoms with Crippen molar-refractivity contribution in [2.24, 2.45) is 0 Å². The number of aliphatic hydroxyl groups is 1. The van der Waals surface area contributed by atoms with Crippen LogP contribution >= 0.6 is 12.2 Å². The van der Waals surface area contributed by atoms with Crippen LogP contribution in [0.25, 0.3) is 0 Å². The molecule has 1 N–H and O–H groups in total. The second-order valence-electron chi connectivity index (χ2n) is 6.10. The fourth-order valence-corrected chi connectivity index (χ4v) is 2.96. The summed E-state index contributed by atoms with van der Waals surface area (Å²) in [7, 11) is 0. The summed E-state index contributed by atoms with van der Waals surface area (Å²) in [5, 5.41) is 8.86. The molecule has 1 aliphatic rings. The molecule has 1 aromatic rings. The summed E-state index contributed by atoms with van der Waals surface area (Å²) >= 11 is 4.63. The average molecular weight is 317 g/mol. The van der Waals surface area contributed by atoms with E-state index in [2.05, 4.69) is 54.9 Å². The highest BCUT2D eigenvalue weighted by atomic mass is 32.1. The lowest BCUT2D eigenvalue weighted by Gasteiger charge is -2.35. The van der Waals surface area contributed by atoms with Gasteiger partial charge in [0.25, 0.3) is 0 Å². The minimum absolute atomic E-state index is 0.246. The number of benzene rings is 1. The SMILES string of the molecule is CC(C)(C#CC(O)=S)N1CCCC1COCc1ccccc1. The number of likely N-dealkylation sites (tertiary alicyclic amines) is 1. The van der Waals surface area contributed by atoms with Gasteiger partial charge in [0, 0.05) is 12.6 Å². The monoisotopic (exact) mass is 317 g/mol. The number of rotatable bonds is 5. The van der Waals surface area contributed by atoms with Crippen LogP contribution in [0.5, 0.6) is 0 Å². The molecule has 1 unspecified atom stereocenters. The first-order valence-corrected chi connectivity index (χ1v) is 8.04. The third-order valence-electron chi connectivity index (χ3n) is 3.99. The van der Waals surface area contributed by atoms with Gasteiger partial charge in [-0.05, 0) is 50.4 Å². The van der Waals surface area contributed by atoms with Crippen LogP contribution in [-0.4, -0.2) is 39.8 Å². The lowest BCUT2D eigenvalue weighted by molar-refractivity contribution is 0.0427. The number of hydrogen-bond acceptors (Lipinski definition) is 3. The Kier molecular flexibility index (Phi) is 5.96. The first-order chi connectivity index (χ1) is 10.5. The van der Waals surface area contributed by atoms with Gasteiger partial charge in [-0.1, -0.05) is 36.3 Å². The molecule has 0 aromatic heterocycles. The van der Waals surface area contributed by atoms with E-state index >= 15 is 0 Å². The normalized spacial score (nSPS) is 18.7. The summed E-state index contributed by atoms with van der Waals surface area (Å²) in [5.74, 6) is 5.69. The zero-order valence-electron chi connectivity index (χ0n) is 13.2. The van der Waals surface area contributed by atoms with Gasteiger partial charge < -0.3 is 9.84 Å². The molecule has 1 fully saturated rings. The maximum Gasteiger partial charge on any atom is 0.234 e. The summed E-state index contributed by atoms with van der Waals surface area (Å²) < 4.78 is 5.89. The van der Waals surface area contributed by atoms with Crippen LogP contribution in [0.1, 0.15) is 32.3 Å². The molecule has 1 saturated heterocycles. The second-order valence-corrected chi connectivity index (χ2v) is 6.49. The largest absolute Gasteiger partial charge is 0.493 e. The van der Waals surface area contributed by atoms with Crippen molar-refractivity contribution in [1.29, 1.82) is 0 Å². The van der Waals surface area contributed by atoms with Gasteiger partial charge >= 0.3 is 0 Å².